The van der Waals surface area contributed by atoms with Crippen molar-refractivity contribution in [1.82, 2.24) is 0 Å². The Bertz CT molecular complexity index is 295. The Kier molecular flexibility index (Phi) is 9.59. The molecule has 0 saturated carbocycles. The van der Waals surface area contributed by atoms with Crippen molar-refractivity contribution >= 4 is 21.0 Å². The van der Waals surface area contributed by atoms with Crippen LogP contribution >= 0.6 is 10.7 Å². The fourth-order valence-corrected chi connectivity index (χ4v) is 1.57. The molecule has 0 fully saturated rings. The van der Waals surface area contributed by atoms with Gasteiger partial charge in [-0.05, 0) is 18.4 Å². The van der Waals surface area contributed by atoms with Crippen LogP contribution in [0.25, 0.3) is 0 Å². The van der Waals surface area contributed by atoms with E-state index in [1.165, 1.54) is 5.57 Å². The first kappa shape index (κ1) is 15.6. The van der Waals surface area contributed by atoms with Gasteiger partial charge in [-0.3, -0.25) is 4.18 Å². The van der Waals surface area contributed by atoms with Crippen LogP contribution in [0.1, 0.15) is 33.1 Å². The van der Waals surface area contributed by atoms with E-state index >= 15 is 0 Å². The van der Waals surface area contributed by atoms with E-state index in [4.69, 9.17) is 14.9 Å². The molecule has 0 heterocycles. The minimum absolute atomic E-state index is 0.190. The van der Waals surface area contributed by atoms with E-state index in [0.717, 1.165) is 24.8 Å². The predicted octanol–water partition coefficient (Wildman–Crippen LogP) is 4.07. The molecule has 0 aliphatic heterocycles. The number of hydrogen-bond donors (Lipinski definition) is 0. The van der Waals surface area contributed by atoms with Crippen LogP contribution in [0.4, 0.5) is 0 Å². The highest BCUT2D eigenvalue weighted by molar-refractivity contribution is 8.04. The standard InChI is InChI=1S/C12H19ClO2S/c1-4-7-12(5-2)9-6-8-11(3)10-15-16(13)14/h6,8-9H,3-5,7,10H2,1-2H3. The smallest absolute Gasteiger partial charge is 0.256 e. The normalized spacial score (nSPS) is 14.3. The van der Waals surface area contributed by atoms with Crippen LogP contribution < -0.4 is 0 Å². The van der Waals surface area contributed by atoms with Crippen molar-refractivity contribution in [2.24, 2.45) is 0 Å². The molecule has 0 aromatic rings. The lowest BCUT2D eigenvalue weighted by atomic mass is 10.1. The average Bonchev–Trinajstić information content (AvgIpc) is 2.25. The number of halogens is 1. The van der Waals surface area contributed by atoms with Crippen LogP contribution in [0, 0.1) is 0 Å². The van der Waals surface area contributed by atoms with Crippen LogP contribution in [0.3, 0.4) is 0 Å². The summed E-state index contributed by atoms with van der Waals surface area (Å²) in [6.45, 7) is 8.26. The van der Waals surface area contributed by atoms with Crippen molar-refractivity contribution in [2.75, 3.05) is 6.61 Å². The fraction of sp³-hybridized carbons (Fsp3) is 0.500. The summed E-state index contributed by atoms with van der Waals surface area (Å²) in [5.41, 5.74) is 2.16. The molecular formula is C12H19ClO2S. The quantitative estimate of drug-likeness (QED) is 0.487. The number of allylic oxidation sites excluding steroid dienone is 3. The van der Waals surface area contributed by atoms with Gasteiger partial charge in [0.05, 0.1) is 6.61 Å². The maximum atomic E-state index is 10.4. The average molecular weight is 263 g/mol. The van der Waals surface area contributed by atoms with Gasteiger partial charge in [0.2, 0.25) is 0 Å². The minimum atomic E-state index is -1.74. The van der Waals surface area contributed by atoms with Gasteiger partial charge in [-0.2, -0.15) is 0 Å². The Balaban J connectivity index is 4.06. The highest BCUT2D eigenvalue weighted by Gasteiger charge is 1.94. The molecule has 0 radical (unpaired) electrons. The van der Waals surface area contributed by atoms with E-state index in [0.29, 0.717) is 0 Å². The maximum Gasteiger partial charge on any atom is 0.256 e. The van der Waals surface area contributed by atoms with Crippen LogP contribution in [-0.4, -0.2) is 10.8 Å². The van der Waals surface area contributed by atoms with E-state index in [1.807, 2.05) is 12.2 Å². The minimum Gasteiger partial charge on any atom is -0.273 e. The second-order valence-electron chi connectivity index (χ2n) is 3.40. The molecule has 0 saturated heterocycles. The van der Waals surface area contributed by atoms with Crippen LogP contribution in [-0.2, 0) is 14.5 Å². The van der Waals surface area contributed by atoms with Gasteiger partial charge in [-0.15, -0.1) is 0 Å². The zero-order valence-electron chi connectivity index (χ0n) is 9.87. The Morgan fingerprint density at radius 2 is 2.19 bits per heavy atom. The van der Waals surface area contributed by atoms with Gasteiger partial charge < -0.3 is 0 Å². The van der Waals surface area contributed by atoms with Crippen molar-refractivity contribution in [1.29, 1.82) is 0 Å². The molecular weight excluding hydrogens is 244 g/mol. The molecule has 1 atom stereocenters. The van der Waals surface area contributed by atoms with E-state index in [1.54, 1.807) is 0 Å². The van der Waals surface area contributed by atoms with Gasteiger partial charge in [0.25, 0.3) is 10.3 Å². The molecule has 2 nitrogen and oxygen atoms in total. The molecule has 16 heavy (non-hydrogen) atoms. The van der Waals surface area contributed by atoms with Crippen molar-refractivity contribution in [3.05, 3.63) is 36.0 Å². The lowest BCUT2D eigenvalue weighted by molar-refractivity contribution is 0.397. The Morgan fingerprint density at radius 1 is 1.50 bits per heavy atom. The number of hydrogen-bond acceptors (Lipinski definition) is 2. The van der Waals surface area contributed by atoms with Gasteiger partial charge in [0.1, 0.15) is 0 Å². The summed E-state index contributed by atoms with van der Waals surface area (Å²) < 4.78 is 15.1. The lowest BCUT2D eigenvalue weighted by Crippen LogP contribution is -1.93. The molecule has 0 rings (SSSR count). The highest BCUT2D eigenvalue weighted by atomic mass is 35.7. The first-order valence-corrected chi connectivity index (χ1v) is 7.25. The van der Waals surface area contributed by atoms with Crippen molar-refractivity contribution in [3.8, 4) is 0 Å². The molecule has 1 unspecified atom stereocenters. The molecule has 0 aliphatic carbocycles. The van der Waals surface area contributed by atoms with Gasteiger partial charge in [-0.1, -0.05) is 50.6 Å². The Morgan fingerprint density at radius 3 is 2.69 bits per heavy atom. The molecule has 0 aliphatic rings. The summed E-state index contributed by atoms with van der Waals surface area (Å²) in [6.07, 6.45) is 9.21. The molecule has 0 bridgehead atoms. The summed E-state index contributed by atoms with van der Waals surface area (Å²) >= 11 is 0. The van der Waals surface area contributed by atoms with Crippen molar-refractivity contribution in [3.63, 3.8) is 0 Å². The first-order valence-electron chi connectivity index (χ1n) is 5.35. The van der Waals surface area contributed by atoms with Gasteiger partial charge in [0, 0.05) is 10.7 Å². The summed E-state index contributed by atoms with van der Waals surface area (Å²) in [4.78, 5) is 0. The summed E-state index contributed by atoms with van der Waals surface area (Å²) in [7, 11) is 3.40. The van der Waals surface area contributed by atoms with E-state index in [2.05, 4.69) is 26.5 Å². The van der Waals surface area contributed by atoms with E-state index in [9.17, 15) is 4.21 Å². The van der Waals surface area contributed by atoms with Crippen molar-refractivity contribution in [2.45, 2.75) is 33.1 Å². The lowest BCUT2D eigenvalue weighted by Gasteiger charge is -2.00. The van der Waals surface area contributed by atoms with Gasteiger partial charge >= 0.3 is 0 Å². The second-order valence-corrected chi connectivity index (χ2v) is 4.78. The number of rotatable bonds is 8. The van der Waals surface area contributed by atoms with Crippen LogP contribution in [0.15, 0.2) is 36.0 Å². The molecule has 92 valence electrons. The molecule has 0 amide bonds. The summed E-state index contributed by atoms with van der Waals surface area (Å²) in [5, 5.41) is 0. The largest absolute Gasteiger partial charge is 0.273 e. The van der Waals surface area contributed by atoms with Gasteiger partial charge in [0.15, 0.2) is 0 Å². The topological polar surface area (TPSA) is 26.3 Å². The third-order valence-corrected chi connectivity index (χ3v) is 2.60. The third-order valence-electron chi connectivity index (χ3n) is 2.03. The molecule has 0 spiro atoms. The second kappa shape index (κ2) is 9.82. The first-order chi connectivity index (χ1) is 7.60. The van der Waals surface area contributed by atoms with E-state index < -0.39 is 10.3 Å². The van der Waals surface area contributed by atoms with Crippen LogP contribution in [0.2, 0.25) is 0 Å². The molecule has 0 N–H and O–H groups in total. The fourth-order valence-electron chi connectivity index (χ4n) is 1.19. The molecule has 4 heteroatoms. The molecule has 0 aromatic heterocycles. The third kappa shape index (κ3) is 8.89. The zero-order valence-corrected chi connectivity index (χ0v) is 11.4. The highest BCUT2D eigenvalue weighted by Crippen LogP contribution is 2.09. The summed E-state index contributed by atoms with van der Waals surface area (Å²) in [6, 6.07) is 0. The maximum absolute atomic E-state index is 10.4. The zero-order chi connectivity index (χ0) is 12.4. The van der Waals surface area contributed by atoms with E-state index in [-0.39, 0.29) is 6.61 Å². The van der Waals surface area contributed by atoms with Crippen molar-refractivity contribution < 1.29 is 8.39 Å². The predicted molar refractivity (Wildman–Crippen MR) is 71.5 cm³/mol. The monoisotopic (exact) mass is 262 g/mol. The molecule has 0 aromatic carbocycles. The summed E-state index contributed by atoms with van der Waals surface area (Å²) in [5.74, 6) is 0. The Hall–Kier alpha value is -0.380. The van der Waals surface area contributed by atoms with Crippen LogP contribution in [0.5, 0.6) is 0 Å². The van der Waals surface area contributed by atoms with Gasteiger partial charge in [-0.25, -0.2) is 4.21 Å². The SMILES string of the molecule is C=C(C=CC=C(CC)CCC)COS(=O)Cl. The Labute approximate surface area is 105 Å².